The van der Waals surface area contributed by atoms with Crippen molar-refractivity contribution in [3.63, 3.8) is 0 Å². The van der Waals surface area contributed by atoms with Crippen LogP contribution in [0.1, 0.15) is 44.6 Å². The quantitative estimate of drug-likeness (QED) is 0.819. The molecule has 1 nitrogen and oxygen atoms in total. The van der Waals surface area contributed by atoms with Gasteiger partial charge in [-0.25, -0.2) is 0 Å². The molecule has 1 fully saturated rings. The van der Waals surface area contributed by atoms with Gasteiger partial charge in [0.05, 0.1) is 5.60 Å². The van der Waals surface area contributed by atoms with Crippen LogP contribution in [-0.4, -0.2) is 10.7 Å². The van der Waals surface area contributed by atoms with Gasteiger partial charge in [0.15, 0.2) is 0 Å². The molecule has 2 atom stereocenters. The van der Waals surface area contributed by atoms with Gasteiger partial charge >= 0.3 is 0 Å². The fourth-order valence-corrected chi connectivity index (χ4v) is 2.81. The van der Waals surface area contributed by atoms with Crippen molar-refractivity contribution < 1.29 is 5.11 Å². The van der Waals surface area contributed by atoms with Crippen molar-refractivity contribution in [2.75, 3.05) is 0 Å². The van der Waals surface area contributed by atoms with Crippen LogP contribution >= 0.6 is 0 Å². The lowest BCUT2D eigenvalue weighted by atomic mass is 9.92. The summed E-state index contributed by atoms with van der Waals surface area (Å²) in [5.41, 5.74) is 0.965. The molecule has 0 radical (unpaired) electrons. The number of aryl methyl sites for hydroxylation is 1. The second kappa shape index (κ2) is 5.01. The topological polar surface area (TPSA) is 20.2 Å². The van der Waals surface area contributed by atoms with Crippen LogP contribution in [0.15, 0.2) is 30.3 Å². The van der Waals surface area contributed by atoms with Crippen LogP contribution in [0, 0.1) is 5.92 Å². The maximum atomic E-state index is 10.5. The molecule has 2 unspecified atom stereocenters. The second-order valence-corrected chi connectivity index (χ2v) is 5.23. The summed E-state index contributed by atoms with van der Waals surface area (Å²) in [6, 6.07) is 10.5. The molecule has 88 valence electrons. The minimum absolute atomic E-state index is 0.378. The van der Waals surface area contributed by atoms with Gasteiger partial charge in [0, 0.05) is 0 Å². The first-order chi connectivity index (χ1) is 7.72. The molecular formula is C15H22O. The highest BCUT2D eigenvalue weighted by Crippen LogP contribution is 2.38. The molecule has 0 aromatic heterocycles. The van der Waals surface area contributed by atoms with Crippen molar-refractivity contribution in [2.45, 2.75) is 51.0 Å². The number of aliphatic hydroxyl groups is 1. The van der Waals surface area contributed by atoms with Gasteiger partial charge in [0.1, 0.15) is 0 Å². The van der Waals surface area contributed by atoms with E-state index in [0.29, 0.717) is 0 Å². The van der Waals surface area contributed by atoms with E-state index in [9.17, 15) is 5.11 Å². The lowest BCUT2D eigenvalue weighted by molar-refractivity contribution is 0.0348. The van der Waals surface area contributed by atoms with E-state index in [1.807, 2.05) is 6.07 Å². The van der Waals surface area contributed by atoms with E-state index in [1.165, 1.54) is 18.4 Å². The predicted octanol–water partition coefficient (Wildman–Crippen LogP) is 3.56. The van der Waals surface area contributed by atoms with E-state index in [2.05, 4.69) is 31.2 Å². The average molecular weight is 218 g/mol. The molecule has 0 aliphatic heterocycles. The lowest BCUT2D eigenvalue weighted by Crippen LogP contribution is -2.25. The van der Waals surface area contributed by atoms with Crippen molar-refractivity contribution >= 4 is 0 Å². The first-order valence-corrected chi connectivity index (χ1v) is 6.48. The Morgan fingerprint density at radius 2 is 2.06 bits per heavy atom. The van der Waals surface area contributed by atoms with Gasteiger partial charge in [-0.15, -0.1) is 0 Å². The van der Waals surface area contributed by atoms with Gasteiger partial charge < -0.3 is 5.11 Å². The summed E-state index contributed by atoms with van der Waals surface area (Å²) in [6.45, 7) is 2.23. The maximum absolute atomic E-state index is 10.5. The highest BCUT2D eigenvalue weighted by molar-refractivity contribution is 5.15. The Kier molecular flexibility index (Phi) is 3.65. The SMILES string of the molecule is CCC1CCC(O)(CCc2ccccc2)C1. The van der Waals surface area contributed by atoms with Crippen LogP contribution in [0.4, 0.5) is 0 Å². The van der Waals surface area contributed by atoms with E-state index >= 15 is 0 Å². The third kappa shape index (κ3) is 2.85. The zero-order valence-corrected chi connectivity index (χ0v) is 10.2. The fourth-order valence-electron chi connectivity index (χ4n) is 2.81. The molecule has 1 heteroatoms. The van der Waals surface area contributed by atoms with Gasteiger partial charge in [-0.3, -0.25) is 0 Å². The number of benzene rings is 1. The molecule has 0 heterocycles. The highest BCUT2D eigenvalue weighted by Gasteiger charge is 2.35. The Bertz CT molecular complexity index is 319. The third-order valence-corrected chi connectivity index (χ3v) is 3.99. The third-order valence-electron chi connectivity index (χ3n) is 3.99. The van der Waals surface area contributed by atoms with E-state index in [-0.39, 0.29) is 5.60 Å². The van der Waals surface area contributed by atoms with Gasteiger partial charge in [-0.1, -0.05) is 43.7 Å². The molecule has 1 N–H and O–H groups in total. The lowest BCUT2D eigenvalue weighted by Gasteiger charge is -2.22. The smallest absolute Gasteiger partial charge is 0.0653 e. The minimum Gasteiger partial charge on any atom is -0.390 e. The Morgan fingerprint density at radius 1 is 1.31 bits per heavy atom. The van der Waals surface area contributed by atoms with Crippen LogP contribution < -0.4 is 0 Å². The first kappa shape index (κ1) is 11.7. The van der Waals surface area contributed by atoms with Crippen LogP contribution in [0.5, 0.6) is 0 Å². The Hall–Kier alpha value is -0.820. The van der Waals surface area contributed by atoms with E-state index < -0.39 is 0 Å². The van der Waals surface area contributed by atoms with Gasteiger partial charge in [0.25, 0.3) is 0 Å². The van der Waals surface area contributed by atoms with Crippen molar-refractivity contribution in [3.05, 3.63) is 35.9 Å². The van der Waals surface area contributed by atoms with E-state index in [0.717, 1.165) is 31.6 Å². The predicted molar refractivity (Wildman–Crippen MR) is 67.3 cm³/mol. The monoisotopic (exact) mass is 218 g/mol. The zero-order valence-electron chi connectivity index (χ0n) is 10.2. The molecule has 1 aromatic rings. The summed E-state index contributed by atoms with van der Waals surface area (Å²) in [7, 11) is 0. The van der Waals surface area contributed by atoms with Crippen molar-refractivity contribution in [2.24, 2.45) is 5.92 Å². The summed E-state index contributed by atoms with van der Waals surface area (Å²) >= 11 is 0. The van der Waals surface area contributed by atoms with Gasteiger partial charge in [-0.05, 0) is 43.6 Å². The van der Waals surface area contributed by atoms with Crippen LogP contribution in [0.25, 0.3) is 0 Å². The van der Waals surface area contributed by atoms with Crippen molar-refractivity contribution in [3.8, 4) is 0 Å². The summed E-state index contributed by atoms with van der Waals surface area (Å²) in [5, 5.41) is 10.5. The van der Waals surface area contributed by atoms with Crippen LogP contribution in [0.2, 0.25) is 0 Å². The normalized spacial score (nSPS) is 29.5. The molecular weight excluding hydrogens is 196 g/mol. The molecule has 1 aromatic carbocycles. The Balaban J connectivity index is 1.86. The minimum atomic E-state index is -0.378. The molecule has 1 saturated carbocycles. The standard InChI is InChI=1S/C15H22O/c1-2-13-8-10-15(16,12-13)11-9-14-6-4-3-5-7-14/h3-7,13,16H,2,8-12H2,1H3. The summed E-state index contributed by atoms with van der Waals surface area (Å²) in [6.07, 6.45) is 6.37. The highest BCUT2D eigenvalue weighted by atomic mass is 16.3. The molecule has 1 aliphatic carbocycles. The van der Waals surface area contributed by atoms with Crippen LogP contribution in [-0.2, 0) is 6.42 Å². The Morgan fingerprint density at radius 3 is 2.69 bits per heavy atom. The number of rotatable bonds is 4. The maximum Gasteiger partial charge on any atom is 0.0653 e. The van der Waals surface area contributed by atoms with E-state index in [4.69, 9.17) is 0 Å². The molecule has 0 saturated heterocycles. The molecule has 0 amide bonds. The van der Waals surface area contributed by atoms with Crippen molar-refractivity contribution in [1.82, 2.24) is 0 Å². The average Bonchev–Trinajstić information content (AvgIpc) is 2.71. The zero-order chi connectivity index (χ0) is 11.4. The molecule has 16 heavy (non-hydrogen) atoms. The first-order valence-electron chi connectivity index (χ1n) is 6.48. The van der Waals surface area contributed by atoms with Crippen LogP contribution in [0.3, 0.4) is 0 Å². The van der Waals surface area contributed by atoms with Gasteiger partial charge in [0.2, 0.25) is 0 Å². The molecule has 2 rings (SSSR count). The van der Waals surface area contributed by atoms with E-state index in [1.54, 1.807) is 0 Å². The van der Waals surface area contributed by atoms with Gasteiger partial charge in [-0.2, -0.15) is 0 Å². The number of hydrogen-bond donors (Lipinski definition) is 1. The largest absolute Gasteiger partial charge is 0.390 e. The summed E-state index contributed by atoms with van der Waals surface area (Å²) < 4.78 is 0. The molecule has 0 spiro atoms. The fraction of sp³-hybridized carbons (Fsp3) is 0.600. The Labute approximate surface area is 98.5 Å². The number of hydrogen-bond acceptors (Lipinski definition) is 1. The van der Waals surface area contributed by atoms with Crippen molar-refractivity contribution in [1.29, 1.82) is 0 Å². The molecule has 0 bridgehead atoms. The summed E-state index contributed by atoms with van der Waals surface area (Å²) in [5.74, 6) is 0.751. The summed E-state index contributed by atoms with van der Waals surface area (Å²) in [4.78, 5) is 0. The second-order valence-electron chi connectivity index (χ2n) is 5.23. The molecule has 1 aliphatic rings.